The van der Waals surface area contributed by atoms with Crippen molar-refractivity contribution < 1.29 is 0 Å². The highest BCUT2D eigenvalue weighted by Gasteiger charge is 2.16. The first-order valence-corrected chi connectivity index (χ1v) is 8.70. The van der Waals surface area contributed by atoms with Gasteiger partial charge in [0.15, 0.2) is 5.11 Å². The zero-order valence-corrected chi connectivity index (χ0v) is 14.2. The molecular formula is C17H22N2S2. The first-order chi connectivity index (χ1) is 10.2. The molecule has 0 saturated heterocycles. The van der Waals surface area contributed by atoms with E-state index in [9.17, 15) is 0 Å². The Balaban J connectivity index is 2.20. The summed E-state index contributed by atoms with van der Waals surface area (Å²) in [6.45, 7) is 5.09. The minimum absolute atomic E-state index is 0.118. The van der Waals surface area contributed by atoms with Crippen molar-refractivity contribution in [1.29, 1.82) is 0 Å². The highest BCUT2D eigenvalue weighted by Crippen LogP contribution is 2.26. The number of thiophene rings is 1. The van der Waals surface area contributed by atoms with Crippen LogP contribution in [0.5, 0.6) is 0 Å². The summed E-state index contributed by atoms with van der Waals surface area (Å²) >= 11 is 7.10. The standard InChI is InChI=1S/C17H22N2S2/c1-3-6-13-8-10-14(11-9-13)16(15-7-5-12-21-15)19-17(20)18-4-2/h5,7-12,16H,3-4,6H2,1-2H3,(H2,18,19,20)/t16-/m0/s1. The smallest absolute Gasteiger partial charge is 0.167 e. The van der Waals surface area contributed by atoms with E-state index in [0.717, 1.165) is 13.0 Å². The largest absolute Gasteiger partial charge is 0.363 e. The Morgan fingerprint density at radius 2 is 1.95 bits per heavy atom. The Bertz CT molecular complexity index is 547. The molecule has 2 N–H and O–H groups in total. The van der Waals surface area contributed by atoms with Gasteiger partial charge in [0, 0.05) is 11.4 Å². The molecule has 21 heavy (non-hydrogen) atoms. The fraction of sp³-hybridized carbons (Fsp3) is 0.353. The maximum atomic E-state index is 5.35. The number of hydrogen-bond acceptors (Lipinski definition) is 2. The van der Waals surface area contributed by atoms with Crippen LogP contribution in [0.15, 0.2) is 41.8 Å². The average Bonchev–Trinajstić information content (AvgIpc) is 3.00. The van der Waals surface area contributed by atoms with Crippen molar-refractivity contribution in [3.8, 4) is 0 Å². The molecule has 2 aromatic rings. The molecule has 0 aliphatic rings. The molecule has 0 spiro atoms. The zero-order chi connectivity index (χ0) is 15.1. The average molecular weight is 319 g/mol. The summed E-state index contributed by atoms with van der Waals surface area (Å²) in [5.41, 5.74) is 2.64. The molecule has 0 fully saturated rings. The number of hydrogen-bond donors (Lipinski definition) is 2. The van der Waals surface area contributed by atoms with Gasteiger partial charge < -0.3 is 10.6 Å². The predicted octanol–water partition coefficient (Wildman–Crippen LogP) is 4.27. The Morgan fingerprint density at radius 3 is 2.52 bits per heavy atom. The molecule has 0 unspecified atom stereocenters. The van der Waals surface area contributed by atoms with E-state index in [1.807, 2.05) is 6.92 Å². The maximum absolute atomic E-state index is 5.35. The molecule has 0 aliphatic carbocycles. The van der Waals surface area contributed by atoms with E-state index in [2.05, 4.69) is 59.3 Å². The van der Waals surface area contributed by atoms with E-state index in [0.29, 0.717) is 5.11 Å². The maximum Gasteiger partial charge on any atom is 0.167 e. The van der Waals surface area contributed by atoms with Crippen molar-refractivity contribution in [2.45, 2.75) is 32.7 Å². The molecule has 112 valence electrons. The fourth-order valence-corrected chi connectivity index (χ4v) is 3.35. The topological polar surface area (TPSA) is 24.1 Å². The molecule has 0 saturated carbocycles. The zero-order valence-electron chi connectivity index (χ0n) is 12.6. The quantitative estimate of drug-likeness (QED) is 0.778. The normalized spacial score (nSPS) is 11.9. The SMILES string of the molecule is CCCc1ccc([C@H](NC(=S)NCC)c2cccs2)cc1. The number of thiocarbonyl (C=S) groups is 1. The van der Waals surface area contributed by atoms with Crippen LogP contribution >= 0.6 is 23.6 Å². The van der Waals surface area contributed by atoms with E-state index in [1.54, 1.807) is 11.3 Å². The molecule has 1 aromatic heterocycles. The van der Waals surface area contributed by atoms with Crippen molar-refractivity contribution in [3.63, 3.8) is 0 Å². The molecule has 0 bridgehead atoms. The lowest BCUT2D eigenvalue weighted by Crippen LogP contribution is -2.37. The summed E-state index contributed by atoms with van der Waals surface area (Å²) in [4.78, 5) is 1.28. The fourth-order valence-electron chi connectivity index (χ4n) is 2.28. The summed E-state index contributed by atoms with van der Waals surface area (Å²) in [5, 5.41) is 9.39. The highest BCUT2D eigenvalue weighted by atomic mass is 32.1. The van der Waals surface area contributed by atoms with Gasteiger partial charge in [0.1, 0.15) is 0 Å². The molecule has 1 aromatic carbocycles. The van der Waals surface area contributed by atoms with Crippen LogP contribution < -0.4 is 10.6 Å². The summed E-state index contributed by atoms with van der Waals surface area (Å²) in [7, 11) is 0. The minimum atomic E-state index is 0.118. The van der Waals surface area contributed by atoms with Gasteiger partial charge in [-0.15, -0.1) is 11.3 Å². The molecule has 0 amide bonds. The summed E-state index contributed by atoms with van der Waals surface area (Å²) in [6.07, 6.45) is 2.31. The Labute approximate surface area is 136 Å². The lowest BCUT2D eigenvalue weighted by molar-refractivity contribution is 0.754. The van der Waals surface area contributed by atoms with Crippen molar-refractivity contribution in [3.05, 3.63) is 57.8 Å². The Hall–Kier alpha value is -1.39. The Kier molecular flexibility index (Phi) is 6.21. The van der Waals surface area contributed by atoms with Gasteiger partial charge in [0.25, 0.3) is 0 Å². The van der Waals surface area contributed by atoms with Gasteiger partial charge in [-0.1, -0.05) is 43.7 Å². The molecule has 1 atom stereocenters. The second kappa shape index (κ2) is 8.15. The third-order valence-corrected chi connectivity index (χ3v) is 4.49. The molecule has 0 radical (unpaired) electrons. The Morgan fingerprint density at radius 1 is 1.19 bits per heavy atom. The number of benzene rings is 1. The number of rotatable bonds is 6. The first-order valence-electron chi connectivity index (χ1n) is 7.41. The summed E-state index contributed by atoms with van der Waals surface area (Å²) < 4.78 is 0. The summed E-state index contributed by atoms with van der Waals surface area (Å²) in [6, 6.07) is 13.2. The van der Waals surface area contributed by atoms with Crippen molar-refractivity contribution in [1.82, 2.24) is 10.6 Å². The summed E-state index contributed by atoms with van der Waals surface area (Å²) in [5.74, 6) is 0. The number of nitrogens with one attached hydrogen (secondary N) is 2. The van der Waals surface area contributed by atoms with E-state index in [1.165, 1.54) is 22.4 Å². The molecule has 0 aliphatic heterocycles. The van der Waals surface area contributed by atoms with Gasteiger partial charge in [0.05, 0.1) is 6.04 Å². The molecule has 1 heterocycles. The van der Waals surface area contributed by atoms with Crippen LogP contribution in [0.4, 0.5) is 0 Å². The van der Waals surface area contributed by atoms with Gasteiger partial charge in [-0.2, -0.15) is 0 Å². The monoisotopic (exact) mass is 318 g/mol. The van der Waals surface area contributed by atoms with Crippen LogP contribution in [0.3, 0.4) is 0 Å². The second-order valence-electron chi connectivity index (χ2n) is 4.94. The van der Waals surface area contributed by atoms with E-state index in [4.69, 9.17) is 12.2 Å². The lowest BCUT2D eigenvalue weighted by Gasteiger charge is -2.20. The number of aryl methyl sites for hydroxylation is 1. The molecular weight excluding hydrogens is 296 g/mol. The van der Waals surface area contributed by atoms with Gasteiger partial charge >= 0.3 is 0 Å². The van der Waals surface area contributed by atoms with Gasteiger partial charge in [0.2, 0.25) is 0 Å². The van der Waals surface area contributed by atoms with Gasteiger partial charge in [-0.25, -0.2) is 0 Å². The third kappa shape index (κ3) is 4.55. The van der Waals surface area contributed by atoms with E-state index < -0.39 is 0 Å². The van der Waals surface area contributed by atoms with Gasteiger partial charge in [-0.05, 0) is 48.1 Å². The van der Waals surface area contributed by atoms with E-state index in [-0.39, 0.29) is 6.04 Å². The van der Waals surface area contributed by atoms with Crippen LogP contribution in [-0.4, -0.2) is 11.7 Å². The van der Waals surface area contributed by atoms with Crippen LogP contribution in [0.25, 0.3) is 0 Å². The molecule has 4 heteroatoms. The van der Waals surface area contributed by atoms with Crippen molar-refractivity contribution in [2.24, 2.45) is 0 Å². The lowest BCUT2D eigenvalue weighted by atomic mass is 10.0. The minimum Gasteiger partial charge on any atom is -0.363 e. The van der Waals surface area contributed by atoms with Crippen LogP contribution in [0, 0.1) is 0 Å². The third-order valence-electron chi connectivity index (χ3n) is 3.29. The first kappa shape index (κ1) is 16.0. The van der Waals surface area contributed by atoms with E-state index >= 15 is 0 Å². The molecule has 2 rings (SSSR count). The van der Waals surface area contributed by atoms with Crippen LogP contribution in [-0.2, 0) is 6.42 Å². The van der Waals surface area contributed by atoms with Crippen molar-refractivity contribution in [2.75, 3.05) is 6.54 Å². The van der Waals surface area contributed by atoms with Crippen LogP contribution in [0.1, 0.15) is 42.3 Å². The second-order valence-corrected chi connectivity index (χ2v) is 6.33. The van der Waals surface area contributed by atoms with Gasteiger partial charge in [-0.3, -0.25) is 0 Å². The molecule has 2 nitrogen and oxygen atoms in total. The highest BCUT2D eigenvalue weighted by molar-refractivity contribution is 7.80. The predicted molar refractivity (Wildman–Crippen MR) is 96.0 cm³/mol. The van der Waals surface area contributed by atoms with Crippen LogP contribution in [0.2, 0.25) is 0 Å². The van der Waals surface area contributed by atoms with Crippen molar-refractivity contribution >= 4 is 28.7 Å².